The second kappa shape index (κ2) is 7.26. The van der Waals surface area contributed by atoms with Crippen LogP contribution in [0.25, 0.3) is 0 Å². The number of cyclic esters (lactones) is 1. The highest BCUT2D eigenvalue weighted by Crippen LogP contribution is 2.23. The van der Waals surface area contributed by atoms with E-state index in [2.05, 4.69) is 5.32 Å². The molecule has 1 heterocycles. The lowest BCUT2D eigenvalue weighted by Gasteiger charge is -2.33. The van der Waals surface area contributed by atoms with Crippen molar-refractivity contribution >= 4 is 24.3 Å². The third kappa shape index (κ3) is 3.95. The fraction of sp³-hybridized carbons (Fsp3) is 0.429. The molecule has 0 aromatic heterocycles. The van der Waals surface area contributed by atoms with E-state index in [1.54, 1.807) is 6.92 Å². The largest absolute Gasteiger partial charge is 0.481 e. The van der Waals surface area contributed by atoms with Crippen LogP contribution < -0.4 is 5.32 Å². The number of nitrogens with one attached hydrogen (secondary N) is 1. The Bertz CT molecular complexity index is 466. The zero-order valence-electron chi connectivity index (χ0n) is 11.1. The summed E-state index contributed by atoms with van der Waals surface area (Å²) in [5.41, 5.74) is 1.05. The van der Waals surface area contributed by atoms with Gasteiger partial charge in [-0.2, -0.15) is 0 Å². The molecule has 1 aromatic rings. The van der Waals surface area contributed by atoms with Gasteiger partial charge in [-0.3, -0.25) is 9.59 Å². The van der Waals surface area contributed by atoms with Gasteiger partial charge in [-0.15, -0.1) is 12.4 Å². The van der Waals surface area contributed by atoms with Gasteiger partial charge in [0.1, 0.15) is 12.0 Å². The molecule has 0 aliphatic carbocycles. The molecule has 6 heteroatoms. The molecule has 2 rings (SSSR count). The van der Waals surface area contributed by atoms with Crippen molar-refractivity contribution in [2.24, 2.45) is 5.92 Å². The number of carbonyl (C=O) groups is 2. The molecule has 0 radical (unpaired) electrons. The van der Waals surface area contributed by atoms with Crippen LogP contribution in [0.15, 0.2) is 30.3 Å². The summed E-state index contributed by atoms with van der Waals surface area (Å²) in [7, 11) is 0. The minimum Gasteiger partial charge on any atom is -0.481 e. The number of benzene rings is 1. The first-order valence-electron chi connectivity index (χ1n) is 6.27. The second-order valence-corrected chi connectivity index (χ2v) is 4.74. The van der Waals surface area contributed by atoms with Crippen LogP contribution in [0.4, 0.5) is 0 Å². The molecule has 2 N–H and O–H groups in total. The van der Waals surface area contributed by atoms with Crippen LogP contribution >= 0.6 is 12.4 Å². The van der Waals surface area contributed by atoms with Crippen molar-refractivity contribution in [3.8, 4) is 0 Å². The average molecular weight is 300 g/mol. The SMILES string of the molecule is CC1OC(=O)CC(NCc2ccccc2)C1C(=O)O.Cl. The van der Waals surface area contributed by atoms with Gasteiger partial charge in [-0.25, -0.2) is 0 Å². The Hall–Kier alpha value is -1.59. The third-order valence-electron chi connectivity index (χ3n) is 3.34. The molecule has 0 bridgehead atoms. The van der Waals surface area contributed by atoms with Crippen molar-refractivity contribution in [2.75, 3.05) is 0 Å². The van der Waals surface area contributed by atoms with Gasteiger partial charge in [-0.1, -0.05) is 30.3 Å². The third-order valence-corrected chi connectivity index (χ3v) is 3.34. The first-order chi connectivity index (χ1) is 9.08. The summed E-state index contributed by atoms with van der Waals surface area (Å²) in [5.74, 6) is -2.00. The summed E-state index contributed by atoms with van der Waals surface area (Å²) in [6.07, 6.45) is -0.513. The number of hydrogen-bond donors (Lipinski definition) is 2. The van der Waals surface area contributed by atoms with Gasteiger partial charge in [0, 0.05) is 12.6 Å². The normalized spacial score (nSPS) is 25.4. The highest BCUT2D eigenvalue weighted by atomic mass is 35.5. The zero-order valence-corrected chi connectivity index (χ0v) is 11.9. The maximum atomic E-state index is 11.4. The molecule has 1 aliphatic heterocycles. The van der Waals surface area contributed by atoms with E-state index in [0.717, 1.165) is 5.56 Å². The van der Waals surface area contributed by atoms with Gasteiger partial charge < -0.3 is 15.2 Å². The lowest BCUT2D eigenvalue weighted by molar-refractivity contribution is -0.167. The van der Waals surface area contributed by atoms with Crippen LogP contribution in [0.2, 0.25) is 0 Å². The number of halogens is 1. The van der Waals surface area contributed by atoms with Crippen LogP contribution in [0.3, 0.4) is 0 Å². The summed E-state index contributed by atoms with van der Waals surface area (Å²) in [6, 6.07) is 9.27. The summed E-state index contributed by atoms with van der Waals surface area (Å²) in [5, 5.41) is 12.4. The highest BCUT2D eigenvalue weighted by molar-refractivity contribution is 5.85. The van der Waals surface area contributed by atoms with E-state index >= 15 is 0 Å². The topological polar surface area (TPSA) is 75.6 Å². The molecule has 0 saturated carbocycles. The number of rotatable bonds is 4. The highest BCUT2D eigenvalue weighted by Gasteiger charge is 2.40. The fourth-order valence-corrected chi connectivity index (χ4v) is 2.38. The minimum absolute atomic E-state index is 0. The summed E-state index contributed by atoms with van der Waals surface area (Å²) < 4.78 is 4.98. The Balaban J connectivity index is 0.00000200. The van der Waals surface area contributed by atoms with E-state index in [4.69, 9.17) is 4.74 Å². The monoisotopic (exact) mass is 299 g/mol. The molecule has 1 aliphatic rings. The van der Waals surface area contributed by atoms with Crippen molar-refractivity contribution in [3.63, 3.8) is 0 Å². The predicted octanol–water partition coefficient (Wildman–Crippen LogP) is 1.60. The number of carboxylic acids is 1. The molecule has 1 fully saturated rings. The number of aliphatic carboxylic acids is 1. The van der Waals surface area contributed by atoms with Gasteiger partial charge in [0.25, 0.3) is 0 Å². The van der Waals surface area contributed by atoms with Crippen molar-refractivity contribution in [1.29, 1.82) is 0 Å². The maximum absolute atomic E-state index is 11.4. The number of ether oxygens (including phenoxy) is 1. The molecule has 3 atom stereocenters. The van der Waals surface area contributed by atoms with E-state index in [1.807, 2.05) is 30.3 Å². The number of carboxylic acid groups (broad SMARTS) is 1. The summed E-state index contributed by atoms with van der Waals surface area (Å²) in [6.45, 7) is 2.16. The molecule has 5 nitrogen and oxygen atoms in total. The quantitative estimate of drug-likeness (QED) is 0.826. The van der Waals surface area contributed by atoms with Crippen molar-refractivity contribution < 1.29 is 19.4 Å². The van der Waals surface area contributed by atoms with Crippen molar-refractivity contribution in [1.82, 2.24) is 5.32 Å². The van der Waals surface area contributed by atoms with Crippen molar-refractivity contribution in [2.45, 2.75) is 32.0 Å². The smallest absolute Gasteiger partial charge is 0.311 e. The second-order valence-electron chi connectivity index (χ2n) is 4.74. The first kappa shape index (κ1) is 16.5. The van der Waals surface area contributed by atoms with Gasteiger partial charge in [0.05, 0.1) is 6.42 Å². The molecule has 1 aromatic carbocycles. The van der Waals surface area contributed by atoms with Crippen molar-refractivity contribution in [3.05, 3.63) is 35.9 Å². The molecule has 0 spiro atoms. The van der Waals surface area contributed by atoms with Crippen LogP contribution in [-0.2, 0) is 20.9 Å². The summed E-state index contributed by atoms with van der Waals surface area (Å²) in [4.78, 5) is 22.7. The molecule has 20 heavy (non-hydrogen) atoms. The molecular weight excluding hydrogens is 282 g/mol. The van der Waals surface area contributed by atoms with Crippen LogP contribution in [-0.4, -0.2) is 29.2 Å². The standard InChI is InChI=1S/C14H17NO4.ClH/c1-9-13(14(17)18)11(7-12(16)19-9)15-8-10-5-3-2-4-6-10;/h2-6,9,11,13,15H,7-8H2,1H3,(H,17,18);1H. The van der Waals surface area contributed by atoms with E-state index in [-0.39, 0.29) is 24.8 Å². The van der Waals surface area contributed by atoms with Gasteiger partial charge >= 0.3 is 11.9 Å². The lowest BCUT2D eigenvalue weighted by atomic mass is 9.89. The van der Waals surface area contributed by atoms with Crippen LogP contribution in [0.5, 0.6) is 0 Å². The predicted molar refractivity (Wildman–Crippen MR) is 75.6 cm³/mol. The lowest BCUT2D eigenvalue weighted by Crippen LogP contribution is -2.51. The van der Waals surface area contributed by atoms with Gasteiger partial charge in [0.15, 0.2) is 0 Å². The first-order valence-corrected chi connectivity index (χ1v) is 6.27. The number of carbonyl (C=O) groups excluding carboxylic acids is 1. The Morgan fingerprint density at radius 3 is 2.65 bits per heavy atom. The van der Waals surface area contributed by atoms with E-state index in [1.165, 1.54) is 0 Å². The average Bonchev–Trinajstić information content (AvgIpc) is 2.36. The van der Waals surface area contributed by atoms with E-state index in [9.17, 15) is 14.7 Å². The molecule has 110 valence electrons. The van der Waals surface area contributed by atoms with E-state index in [0.29, 0.717) is 6.54 Å². The Morgan fingerprint density at radius 2 is 2.05 bits per heavy atom. The molecule has 0 amide bonds. The van der Waals surface area contributed by atoms with Crippen LogP contribution in [0, 0.1) is 5.92 Å². The van der Waals surface area contributed by atoms with Crippen LogP contribution in [0.1, 0.15) is 18.9 Å². The Morgan fingerprint density at radius 1 is 1.40 bits per heavy atom. The summed E-state index contributed by atoms with van der Waals surface area (Å²) >= 11 is 0. The maximum Gasteiger partial charge on any atom is 0.311 e. The van der Waals surface area contributed by atoms with Gasteiger partial charge in [0.2, 0.25) is 0 Å². The minimum atomic E-state index is -0.939. The molecule has 3 unspecified atom stereocenters. The Labute approximate surface area is 123 Å². The zero-order chi connectivity index (χ0) is 13.8. The molecular formula is C14H18ClNO4. The molecule has 1 saturated heterocycles. The number of hydrogen-bond acceptors (Lipinski definition) is 4. The number of esters is 1. The van der Waals surface area contributed by atoms with Gasteiger partial charge in [-0.05, 0) is 12.5 Å². The van der Waals surface area contributed by atoms with E-state index < -0.39 is 24.0 Å². The Kier molecular flexibility index (Phi) is 5.98. The fourth-order valence-electron chi connectivity index (χ4n) is 2.38.